The van der Waals surface area contributed by atoms with E-state index in [1.54, 1.807) is 6.08 Å². The zero-order valence-corrected chi connectivity index (χ0v) is 11.9. The summed E-state index contributed by atoms with van der Waals surface area (Å²) >= 11 is 0. The third-order valence-corrected chi connectivity index (χ3v) is 4.45. The molecule has 2 aliphatic rings. The van der Waals surface area contributed by atoms with E-state index in [1.165, 1.54) is 0 Å². The summed E-state index contributed by atoms with van der Waals surface area (Å²) in [5, 5.41) is 0. The van der Waals surface area contributed by atoms with E-state index >= 15 is 0 Å². The second kappa shape index (κ2) is 6.36. The summed E-state index contributed by atoms with van der Waals surface area (Å²) in [7, 11) is 0. The van der Waals surface area contributed by atoms with Gasteiger partial charge in [0.15, 0.2) is 5.78 Å². The highest BCUT2D eigenvalue weighted by atomic mass is 16.6. The third-order valence-electron chi connectivity index (χ3n) is 4.45. The smallest absolute Gasteiger partial charge is 0.306 e. The van der Waals surface area contributed by atoms with Crippen LogP contribution in [0.2, 0.25) is 0 Å². The summed E-state index contributed by atoms with van der Waals surface area (Å²) in [6.45, 7) is 4.32. The van der Waals surface area contributed by atoms with Gasteiger partial charge in [0.05, 0.1) is 6.42 Å². The molecule has 0 aromatic carbocycles. The van der Waals surface area contributed by atoms with Crippen LogP contribution in [0.3, 0.4) is 0 Å². The Bertz CT molecular complexity index is 372. The normalized spacial score (nSPS) is 33.7. The van der Waals surface area contributed by atoms with Gasteiger partial charge < -0.3 is 4.74 Å². The lowest BCUT2D eigenvalue weighted by Gasteiger charge is -2.15. The van der Waals surface area contributed by atoms with Gasteiger partial charge in [-0.25, -0.2) is 0 Å². The van der Waals surface area contributed by atoms with Gasteiger partial charge in [0.25, 0.3) is 0 Å². The first-order chi connectivity index (χ1) is 9.11. The fourth-order valence-corrected chi connectivity index (χ4v) is 3.36. The van der Waals surface area contributed by atoms with Gasteiger partial charge in [-0.05, 0) is 30.8 Å². The lowest BCUT2D eigenvalue weighted by Crippen LogP contribution is -2.13. The molecule has 1 aliphatic heterocycles. The molecule has 0 amide bonds. The number of esters is 1. The Labute approximate surface area is 115 Å². The summed E-state index contributed by atoms with van der Waals surface area (Å²) in [6.07, 6.45) is 9.21. The summed E-state index contributed by atoms with van der Waals surface area (Å²) < 4.78 is 5.31. The number of hydrogen-bond donors (Lipinski definition) is 0. The van der Waals surface area contributed by atoms with Crippen molar-refractivity contribution in [3.05, 3.63) is 12.2 Å². The second-order valence-electron chi connectivity index (χ2n) is 5.97. The van der Waals surface area contributed by atoms with Crippen LogP contribution in [0.25, 0.3) is 0 Å². The number of allylic oxidation sites excluding steroid dienone is 2. The van der Waals surface area contributed by atoms with Gasteiger partial charge >= 0.3 is 5.97 Å². The van der Waals surface area contributed by atoms with Gasteiger partial charge in [-0.2, -0.15) is 0 Å². The number of hydrogen-bond acceptors (Lipinski definition) is 3. The maximum atomic E-state index is 11.8. The van der Waals surface area contributed by atoms with Gasteiger partial charge in [-0.3, -0.25) is 9.59 Å². The average molecular weight is 264 g/mol. The number of fused-ring (bicyclic) bond motifs is 1. The van der Waals surface area contributed by atoms with Gasteiger partial charge in [-0.1, -0.05) is 32.8 Å². The zero-order chi connectivity index (χ0) is 13.8. The quantitative estimate of drug-likeness (QED) is 0.420. The Balaban J connectivity index is 1.87. The van der Waals surface area contributed by atoms with Crippen LogP contribution in [0.5, 0.6) is 0 Å². The maximum absolute atomic E-state index is 11.8. The fraction of sp³-hybridized carbons (Fsp3) is 0.750. The summed E-state index contributed by atoms with van der Waals surface area (Å²) in [4.78, 5) is 23.1. The molecule has 1 heterocycles. The number of ether oxygens (including phenoxy) is 1. The monoisotopic (exact) mass is 264 g/mol. The van der Waals surface area contributed by atoms with Crippen LogP contribution in [0.1, 0.15) is 52.4 Å². The third kappa shape index (κ3) is 3.46. The molecule has 0 radical (unpaired) electrons. The molecular weight excluding hydrogens is 240 g/mol. The molecule has 2 rings (SSSR count). The summed E-state index contributed by atoms with van der Waals surface area (Å²) in [6, 6.07) is 0. The van der Waals surface area contributed by atoms with E-state index in [4.69, 9.17) is 4.74 Å². The van der Waals surface area contributed by atoms with E-state index in [0.29, 0.717) is 30.6 Å². The van der Waals surface area contributed by atoms with E-state index in [1.807, 2.05) is 6.08 Å². The number of rotatable bonds is 6. The number of ketones is 1. The Morgan fingerprint density at radius 3 is 2.95 bits per heavy atom. The lowest BCUT2D eigenvalue weighted by molar-refractivity contribution is -0.141. The minimum Gasteiger partial charge on any atom is -0.462 e. The topological polar surface area (TPSA) is 43.4 Å². The summed E-state index contributed by atoms with van der Waals surface area (Å²) in [5.41, 5.74) is 0. The van der Waals surface area contributed by atoms with Gasteiger partial charge in [0.1, 0.15) is 6.10 Å². The second-order valence-corrected chi connectivity index (χ2v) is 5.97. The molecule has 19 heavy (non-hydrogen) atoms. The minimum atomic E-state index is -0.0745. The Hall–Kier alpha value is -1.12. The molecule has 2 fully saturated rings. The Morgan fingerprint density at radius 2 is 2.21 bits per heavy atom. The highest BCUT2D eigenvalue weighted by molar-refractivity contribution is 5.89. The molecule has 0 aromatic heterocycles. The number of carbonyl (C=O) groups is 2. The van der Waals surface area contributed by atoms with E-state index in [-0.39, 0.29) is 17.9 Å². The Morgan fingerprint density at radius 1 is 1.42 bits per heavy atom. The van der Waals surface area contributed by atoms with E-state index in [2.05, 4.69) is 13.8 Å². The van der Waals surface area contributed by atoms with Crippen molar-refractivity contribution in [2.45, 2.75) is 58.5 Å². The first kappa shape index (κ1) is 14.3. The SMILES string of the molecule is CCCCCC(=O)/C=C/[C@@H]1[C@H]2CC(=O)O[C@H]2C[C@H]1C. The molecule has 0 bridgehead atoms. The van der Waals surface area contributed by atoms with Crippen molar-refractivity contribution >= 4 is 11.8 Å². The first-order valence-corrected chi connectivity index (χ1v) is 7.52. The molecule has 0 N–H and O–H groups in total. The Kier molecular flexibility index (Phi) is 4.78. The maximum Gasteiger partial charge on any atom is 0.306 e. The largest absolute Gasteiger partial charge is 0.462 e. The molecule has 1 saturated carbocycles. The molecular formula is C16H24O3. The van der Waals surface area contributed by atoms with Crippen LogP contribution in [-0.4, -0.2) is 17.9 Å². The fourth-order valence-electron chi connectivity index (χ4n) is 3.36. The number of unbranched alkanes of at least 4 members (excludes halogenated alkanes) is 2. The minimum absolute atomic E-state index is 0.0745. The average Bonchev–Trinajstić information content (AvgIpc) is 2.82. The number of carbonyl (C=O) groups excluding carboxylic acids is 2. The van der Waals surface area contributed by atoms with Crippen LogP contribution < -0.4 is 0 Å². The van der Waals surface area contributed by atoms with Crippen molar-refractivity contribution in [3.8, 4) is 0 Å². The van der Waals surface area contributed by atoms with E-state index < -0.39 is 0 Å². The van der Waals surface area contributed by atoms with Crippen LogP contribution in [-0.2, 0) is 14.3 Å². The van der Waals surface area contributed by atoms with Gasteiger partial charge in [0.2, 0.25) is 0 Å². The van der Waals surface area contributed by atoms with Crippen molar-refractivity contribution in [3.63, 3.8) is 0 Å². The molecule has 106 valence electrons. The lowest BCUT2D eigenvalue weighted by atomic mass is 9.88. The molecule has 1 aliphatic carbocycles. The standard InChI is InChI=1S/C16H24O3/c1-3-4-5-6-12(17)7-8-13-11(2)9-15-14(13)10-16(18)19-15/h7-8,11,13-15H,3-6,9-10H2,1-2H3/b8-7+/t11-,13+,14-,15+/m1/s1. The predicted molar refractivity (Wildman–Crippen MR) is 73.5 cm³/mol. The molecule has 0 aromatic rings. The van der Waals surface area contributed by atoms with E-state index in [0.717, 1.165) is 25.7 Å². The summed E-state index contributed by atoms with van der Waals surface area (Å²) in [5.74, 6) is 1.26. The van der Waals surface area contributed by atoms with Crippen LogP contribution in [0.4, 0.5) is 0 Å². The van der Waals surface area contributed by atoms with Gasteiger partial charge in [-0.15, -0.1) is 0 Å². The van der Waals surface area contributed by atoms with Crippen molar-refractivity contribution in [2.75, 3.05) is 0 Å². The molecule has 3 nitrogen and oxygen atoms in total. The molecule has 0 spiro atoms. The molecule has 3 heteroatoms. The van der Waals surface area contributed by atoms with Crippen LogP contribution in [0.15, 0.2) is 12.2 Å². The van der Waals surface area contributed by atoms with Crippen molar-refractivity contribution in [2.24, 2.45) is 17.8 Å². The van der Waals surface area contributed by atoms with Crippen molar-refractivity contribution in [1.29, 1.82) is 0 Å². The van der Waals surface area contributed by atoms with Crippen molar-refractivity contribution in [1.82, 2.24) is 0 Å². The highest BCUT2D eigenvalue weighted by Crippen LogP contribution is 2.45. The molecule has 1 saturated heterocycles. The highest BCUT2D eigenvalue weighted by Gasteiger charge is 2.47. The predicted octanol–water partition coefficient (Wildman–Crippen LogP) is 3.28. The molecule has 0 unspecified atom stereocenters. The van der Waals surface area contributed by atoms with Crippen molar-refractivity contribution < 1.29 is 14.3 Å². The van der Waals surface area contributed by atoms with Crippen LogP contribution in [0, 0.1) is 17.8 Å². The van der Waals surface area contributed by atoms with E-state index in [9.17, 15) is 9.59 Å². The first-order valence-electron chi connectivity index (χ1n) is 7.52. The zero-order valence-electron chi connectivity index (χ0n) is 11.9. The molecule has 4 atom stereocenters. The van der Waals surface area contributed by atoms with Crippen LogP contribution >= 0.6 is 0 Å². The van der Waals surface area contributed by atoms with Gasteiger partial charge in [0, 0.05) is 12.3 Å².